The summed E-state index contributed by atoms with van der Waals surface area (Å²) in [6, 6.07) is -0.679. The van der Waals surface area contributed by atoms with Gasteiger partial charge < -0.3 is 128 Å². The molecule has 12 rings (SSSR count). The van der Waals surface area contributed by atoms with Crippen LogP contribution in [0.1, 0.15) is 105 Å². The van der Waals surface area contributed by atoms with Crippen LogP contribution in [-0.4, -0.2) is 191 Å². The first-order chi connectivity index (χ1) is 47.7. The Morgan fingerprint density at radius 2 is 1.32 bits per heavy atom. The number of carbonyl (C=O) groups excluding carboxylic acids is 7. The Balaban J connectivity index is 1.24. The number of ether oxygens (including phenoxy) is 6. The first-order valence-corrected chi connectivity index (χ1v) is 32.4. The summed E-state index contributed by atoms with van der Waals surface area (Å²) in [4.78, 5) is 117. The minimum Gasteiger partial charge on any atom is -0.508 e. The molecule has 101 heavy (non-hydrogen) atoms. The van der Waals surface area contributed by atoms with E-state index in [9.17, 15) is 75.0 Å². The van der Waals surface area contributed by atoms with Crippen LogP contribution in [0.3, 0.4) is 0 Å². The number of nitrogens with two attached hydrogens (primary N) is 2. The highest BCUT2D eigenvalue weighted by atomic mass is 35.5. The number of carbonyl (C=O) groups is 8. The molecule has 0 aliphatic carbocycles. The standard InChI is InChI=1S/C66H75Cl2N9O24/c1-23(2)12-34(71-5)58(88)76-49-51(83)26-7-10-38(32(67)14-26)97-40-16-28-17-41(55(40)101-65-56(54(86)53(85)42(22-78)99-65)100-44-21-66(4,70)57(87)24(3)96-44)98-39-11-8-27(15-33(39)68)52(84)50-63(93)75-48(64(94)95)31-18-29(79)19-37(81)45(31)30-13-25(6-9-36(30)80)46(60(90)77-50)74-61(91)47(28)73-59(89)35(20-43(69)82)72-62(49)92/h6-11,13-19,23-24,34-35,42,44,46-54,56-57,65,71,78-81,83-87H,12,20-22,70H2,1-5H3,(H2,69,82)(H,72,92)(H,73,89)(H,74,91)(H,75,93)(H,76,88)(H,77,90)(H,94,95)/t24?,34-,35+,42?,44+,46-,47-,48+,49-,50+,51-,52-,53-,54?,56?,57-,65+,66-/m1/s1. The second-order valence-electron chi connectivity index (χ2n) is 25.7. The van der Waals surface area contributed by atoms with Crippen LogP contribution >= 0.6 is 23.2 Å². The summed E-state index contributed by atoms with van der Waals surface area (Å²) in [7, 11) is 1.47. The predicted molar refractivity (Wildman–Crippen MR) is 349 cm³/mol. The van der Waals surface area contributed by atoms with Crippen molar-refractivity contribution in [2.45, 2.75) is 156 Å². The predicted octanol–water partition coefficient (Wildman–Crippen LogP) is 0.106. The van der Waals surface area contributed by atoms with Gasteiger partial charge in [-0.2, -0.15) is 0 Å². The molecular formula is C66H75Cl2N9O24. The Bertz CT molecular complexity index is 4070. The number of aromatic hydroxyl groups is 3. The van der Waals surface area contributed by atoms with Gasteiger partial charge in [-0.25, -0.2) is 4.79 Å². The summed E-state index contributed by atoms with van der Waals surface area (Å²) in [5, 5.41) is 131. The van der Waals surface area contributed by atoms with E-state index >= 15 is 14.4 Å². The molecule has 7 aliphatic heterocycles. The van der Waals surface area contributed by atoms with Gasteiger partial charge in [0, 0.05) is 34.7 Å². The highest BCUT2D eigenvalue weighted by Gasteiger charge is 2.51. The monoisotopic (exact) mass is 1450 g/mol. The number of benzene rings is 5. The average molecular weight is 1450 g/mol. The number of rotatable bonds is 13. The third kappa shape index (κ3) is 15.8. The molecule has 0 aromatic heterocycles. The molecule has 11 bridgehead atoms. The number of phenols is 3. The van der Waals surface area contributed by atoms with E-state index in [0.29, 0.717) is 0 Å². The Morgan fingerprint density at radius 1 is 0.713 bits per heavy atom. The van der Waals surface area contributed by atoms with Crippen LogP contribution in [0.15, 0.2) is 78.9 Å². The molecule has 7 aliphatic rings. The van der Waals surface area contributed by atoms with E-state index < -0.39 is 237 Å². The Labute approximate surface area is 584 Å². The summed E-state index contributed by atoms with van der Waals surface area (Å²) in [6.45, 7) is 5.66. The van der Waals surface area contributed by atoms with Crippen molar-refractivity contribution in [3.05, 3.63) is 117 Å². The Kier molecular flexibility index (Phi) is 22.2. The molecule has 5 aromatic carbocycles. The summed E-state index contributed by atoms with van der Waals surface area (Å²) in [6.07, 6.45) is -18.6. The largest absolute Gasteiger partial charge is 0.508 e. The van der Waals surface area contributed by atoms with Crippen LogP contribution in [0.4, 0.5) is 0 Å². The van der Waals surface area contributed by atoms with Gasteiger partial charge in [0.25, 0.3) is 0 Å². The van der Waals surface area contributed by atoms with E-state index in [1.165, 1.54) is 33.0 Å². The molecule has 0 radical (unpaired) electrons. The van der Waals surface area contributed by atoms with Crippen LogP contribution < -0.4 is 62.9 Å². The zero-order valence-electron chi connectivity index (χ0n) is 54.3. The SMILES string of the molecule is CN[C@H](CC(C)C)C(=O)N[C@H]1C(=O)N[C@@H](CC(N)=O)C(=O)N[C@H]2C(=O)N[C@H]3C(=O)N[C@H](C(=O)N[C@H](C(=O)O)c4cc(O)cc(O)c4-c4cc3ccc4O)[C@H](O)c3ccc(c(Cl)c3)Oc3cc2cc(c3O[C@@H]2OC(CO)[C@@H](O)C(O)C2O[C@H]2C[C@@](C)(N)[C@H](O)C(C)O2)Oc2ccc(cc2Cl)[C@H]1O. The quantitative estimate of drug-likeness (QED) is 0.0743. The van der Waals surface area contributed by atoms with Gasteiger partial charge in [0.15, 0.2) is 29.9 Å². The third-order valence-corrected chi connectivity index (χ3v) is 18.4. The van der Waals surface area contributed by atoms with Crippen molar-refractivity contribution in [2.24, 2.45) is 17.4 Å². The topological polar surface area (TPSA) is 530 Å². The number of carboxylic acids is 1. The normalized spacial score (nSPS) is 29.4. The number of aliphatic hydroxyl groups is 6. The van der Waals surface area contributed by atoms with Crippen molar-refractivity contribution >= 4 is 70.5 Å². The highest BCUT2D eigenvalue weighted by Crippen LogP contribution is 2.50. The number of phenolic OH excluding ortho intramolecular Hbond substituents is 3. The molecule has 0 saturated carbocycles. The third-order valence-electron chi connectivity index (χ3n) is 17.8. The lowest BCUT2D eigenvalue weighted by Crippen LogP contribution is -2.64. The van der Waals surface area contributed by atoms with Crippen LogP contribution in [-0.2, 0) is 52.6 Å². The summed E-state index contributed by atoms with van der Waals surface area (Å²) in [5.41, 5.74) is 8.00. The molecule has 7 heterocycles. The minimum absolute atomic E-state index is 0.0975. The number of hydrogen-bond acceptors (Lipinski definition) is 25. The van der Waals surface area contributed by atoms with Gasteiger partial charge >= 0.3 is 5.97 Å². The number of amides is 7. The van der Waals surface area contributed by atoms with Crippen molar-refractivity contribution in [1.82, 2.24) is 37.2 Å². The Hall–Kier alpha value is -9.20. The molecular weight excluding hydrogens is 1370 g/mol. The molecule has 542 valence electrons. The highest BCUT2D eigenvalue weighted by molar-refractivity contribution is 6.32. The van der Waals surface area contributed by atoms with Crippen LogP contribution in [0.5, 0.6) is 46.0 Å². The number of aliphatic hydroxyl groups excluding tert-OH is 6. The molecule has 35 heteroatoms. The van der Waals surface area contributed by atoms with Gasteiger partial charge in [0.05, 0.1) is 41.3 Å². The first kappa shape index (κ1) is 74.5. The molecule has 7 amide bonds. The van der Waals surface area contributed by atoms with Gasteiger partial charge in [-0.05, 0) is 110 Å². The zero-order chi connectivity index (χ0) is 73.5. The maximum Gasteiger partial charge on any atom is 0.330 e. The van der Waals surface area contributed by atoms with Crippen LogP contribution in [0.2, 0.25) is 10.0 Å². The second kappa shape index (κ2) is 30.2. The number of halogens is 2. The maximum absolute atomic E-state index is 16.0. The van der Waals surface area contributed by atoms with Crippen LogP contribution in [0, 0.1) is 5.92 Å². The van der Waals surface area contributed by atoms with Crippen molar-refractivity contribution in [2.75, 3.05) is 13.7 Å². The van der Waals surface area contributed by atoms with Gasteiger partial charge in [-0.15, -0.1) is 0 Å². The van der Waals surface area contributed by atoms with E-state index in [0.717, 1.165) is 66.7 Å². The average Bonchev–Trinajstić information content (AvgIpc) is 0.775. The molecule has 2 saturated heterocycles. The number of primary amides is 1. The van der Waals surface area contributed by atoms with Crippen molar-refractivity contribution in [3.8, 4) is 57.1 Å². The van der Waals surface area contributed by atoms with Gasteiger partial charge in [0.2, 0.25) is 53.4 Å². The summed E-state index contributed by atoms with van der Waals surface area (Å²) >= 11 is 14.1. The lowest BCUT2D eigenvalue weighted by Gasteiger charge is -2.47. The molecule has 21 N–H and O–H groups in total. The van der Waals surface area contributed by atoms with E-state index in [2.05, 4.69) is 37.2 Å². The fraction of sp³-hybridized carbons (Fsp3) is 0.424. The Morgan fingerprint density at radius 3 is 1.90 bits per heavy atom. The molecule has 0 spiro atoms. The number of hydrogen-bond donors (Lipinski definition) is 19. The number of fused-ring (bicyclic) bond motifs is 15. The summed E-state index contributed by atoms with van der Waals surface area (Å²) < 4.78 is 38.3. The number of likely N-dealkylation sites (N-methyl/N-ethyl adjacent to an activating group) is 1. The molecule has 2 fully saturated rings. The lowest BCUT2D eigenvalue weighted by molar-refractivity contribution is -0.333. The van der Waals surface area contributed by atoms with Gasteiger partial charge in [-0.1, -0.05) is 55.2 Å². The van der Waals surface area contributed by atoms with E-state index in [-0.39, 0.29) is 46.2 Å². The molecule has 4 unspecified atom stereocenters. The molecule has 5 aromatic rings. The maximum atomic E-state index is 16.0. The fourth-order valence-electron chi connectivity index (χ4n) is 12.5. The molecule has 18 atom stereocenters. The van der Waals surface area contributed by atoms with Crippen molar-refractivity contribution in [3.63, 3.8) is 0 Å². The zero-order valence-corrected chi connectivity index (χ0v) is 55.8. The fourth-order valence-corrected chi connectivity index (χ4v) is 12.9. The van der Waals surface area contributed by atoms with Crippen molar-refractivity contribution in [1.29, 1.82) is 0 Å². The smallest absolute Gasteiger partial charge is 0.330 e. The van der Waals surface area contributed by atoms with Gasteiger partial charge in [0.1, 0.15) is 89.5 Å². The lowest BCUT2D eigenvalue weighted by atomic mass is 9.86. The minimum atomic E-state index is -2.35. The van der Waals surface area contributed by atoms with Crippen molar-refractivity contribution < 1.29 is 118 Å². The molecule has 33 nitrogen and oxygen atoms in total. The number of nitrogens with one attached hydrogen (secondary N) is 7. The number of aliphatic carboxylic acids is 1. The summed E-state index contributed by atoms with van der Waals surface area (Å²) in [5.74, 6) is -16.0. The van der Waals surface area contributed by atoms with Gasteiger partial charge in [-0.3, -0.25) is 33.6 Å². The first-order valence-electron chi connectivity index (χ1n) is 31.6. The van der Waals surface area contributed by atoms with Crippen LogP contribution in [0.25, 0.3) is 11.1 Å². The number of carboxylic acid groups (broad SMARTS) is 1. The second-order valence-corrected chi connectivity index (χ2v) is 26.5. The van der Waals surface area contributed by atoms with E-state index in [1.807, 2.05) is 13.8 Å². The van der Waals surface area contributed by atoms with E-state index in [4.69, 9.17) is 63.1 Å². The van der Waals surface area contributed by atoms with E-state index in [1.54, 1.807) is 0 Å².